The first-order valence-corrected chi connectivity index (χ1v) is 7.20. The number of azo groups is 1. The van der Waals surface area contributed by atoms with Crippen molar-refractivity contribution in [1.82, 2.24) is 19.6 Å². The van der Waals surface area contributed by atoms with Crippen LogP contribution in [-0.2, 0) is 0 Å². The summed E-state index contributed by atoms with van der Waals surface area (Å²) in [7, 11) is 0. The first-order chi connectivity index (χ1) is 10.2. The van der Waals surface area contributed by atoms with Gasteiger partial charge in [0.2, 0.25) is 5.95 Å². The maximum absolute atomic E-state index is 12.0. The van der Waals surface area contributed by atoms with E-state index in [0.717, 1.165) is 0 Å². The average Bonchev–Trinajstić information content (AvgIpc) is 2.81. The first kappa shape index (κ1) is 13.3. The summed E-state index contributed by atoms with van der Waals surface area (Å²) < 4.78 is 1.45. The van der Waals surface area contributed by atoms with Crippen molar-refractivity contribution in [2.24, 2.45) is 10.2 Å². The van der Waals surface area contributed by atoms with E-state index in [2.05, 4.69) is 25.3 Å². The molecule has 0 atom stereocenters. The standard InChI is InChI=1S/C12H11N7OS/c1-21-12-15-11(13)14-9-8(10(20)18-19(9)12)17-16-7-5-3-2-4-6-7/h2-6H,1H3,(H2,13,14)(H,18,20). The minimum absolute atomic E-state index is 0.0783. The van der Waals surface area contributed by atoms with Crippen molar-refractivity contribution in [1.29, 1.82) is 0 Å². The SMILES string of the molecule is CSc1nc(N)nc2c(N=Nc3ccccc3)c(=O)[nH]n12. The van der Waals surface area contributed by atoms with Crippen molar-refractivity contribution in [2.75, 3.05) is 12.0 Å². The molecule has 0 spiro atoms. The molecule has 0 saturated heterocycles. The van der Waals surface area contributed by atoms with E-state index >= 15 is 0 Å². The van der Waals surface area contributed by atoms with E-state index in [1.54, 1.807) is 12.1 Å². The Morgan fingerprint density at radius 2 is 2.00 bits per heavy atom. The summed E-state index contributed by atoms with van der Waals surface area (Å²) in [6, 6.07) is 9.11. The van der Waals surface area contributed by atoms with Gasteiger partial charge in [-0.2, -0.15) is 15.1 Å². The van der Waals surface area contributed by atoms with E-state index in [1.165, 1.54) is 16.3 Å². The minimum Gasteiger partial charge on any atom is -0.368 e. The summed E-state index contributed by atoms with van der Waals surface area (Å²) in [4.78, 5) is 20.1. The molecule has 3 aromatic rings. The van der Waals surface area contributed by atoms with E-state index in [1.807, 2.05) is 24.5 Å². The molecule has 2 heterocycles. The highest BCUT2D eigenvalue weighted by Gasteiger charge is 2.14. The van der Waals surface area contributed by atoms with E-state index in [0.29, 0.717) is 16.5 Å². The molecule has 0 fully saturated rings. The largest absolute Gasteiger partial charge is 0.368 e. The van der Waals surface area contributed by atoms with Gasteiger partial charge in [-0.05, 0) is 18.4 Å². The predicted octanol–water partition coefficient (Wildman–Crippen LogP) is 2.14. The number of hydrogen-bond donors (Lipinski definition) is 2. The van der Waals surface area contributed by atoms with Crippen LogP contribution >= 0.6 is 11.8 Å². The number of benzene rings is 1. The van der Waals surface area contributed by atoms with E-state index in [9.17, 15) is 4.79 Å². The summed E-state index contributed by atoms with van der Waals surface area (Å²) in [5.41, 5.74) is 6.29. The molecule has 9 heteroatoms. The number of nitrogens with one attached hydrogen (secondary N) is 1. The molecule has 0 radical (unpaired) electrons. The Balaban J connectivity index is 2.15. The first-order valence-electron chi connectivity index (χ1n) is 5.98. The summed E-state index contributed by atoms with van der Waals surface area (Å²) in [5, 5.41) is 11.2. The Hall–Kier alpha value is -2.68. The molecule has 3 rings (SSSR count). The van der Waals surface area contributed by atoms with E-state index in [4.69, 9.17) is 5.73 Å². The zero-order valence-corrected chi connectivity index (χ0v) is 11.8. The van der Waals surface area contributed by atoms with Gasteiger partial charge >= 0.3 is 0 Å². The topological polar surface area (TPSA) is 114 Å². The van der Waals surface area contributed by atoms with Gasteiger partial charge in [0.05, 0.1) is 5.69 Å². The number of nitrogen functional groups attached to an aromatic ring is 1. The second kappa shape index (κ2) is 5.37. The fourth-order valence-electron chi connectivity index (χ4n) is 1.77. The summed E-state index contributed by atoms with van der Waals surface area (Å²) in [6.45, 7) is 0. The lowest BCUT2D eigenvalue weighted by atomic mass is 10.3. The number of thioether (sulfide) groups is 1. The Bertz CT molecular complexity index is 868. The average molecular weight is 301 g/mol. The number of rotatable bonds is 3. The lowest BCUT2D eigenvalue weighted by Crippen LogP contribution is -2.05. The third-order valence-electron chi connectivity index (χ3n) is 2.68. The van der Waals surface area contributed by atoms with Crippen LogP contribution in [0.4, 0.5) is 17.3 Å². The molecule has 0 unspecified atom stereocenters. The number of anilines is 1. The van der Waals surface area contributed by atoms with Crippen LogP contribution in [0.15, 0.2) is 50.5 Å². The molecule has 0 aliphatic carbocycles. The van der Waals surface area contributed by atoms with Crippen LogP contribution in [0, 0.1) is 0 Å². The quantitative estimate of drug-likeness (QED) is 0.568. The molecule has 3 N–H and O–H groups in total. The van der Waals surface area contributed by atoms with Gasteiger partial charge in [-0.25, -0.2) is 4.52 Å². The Kier molecular flexibility index (Phi) is 3.40. The molecule has 0 bridgehead atoms. The number of fused-ring (bicyclic) bond motifs is 1. The van der Waals surface area contributed by atoms with Crippen LogP contribution in [0.5, 0.6) is 0 Å². The van der Waals surface area contributed by atoms with Crippen LogP contribution < -0.4 is 11.3 Å². The summed E-state index contributed by atoms with van der Waals surface area (Å²) >= 11 is 1.34. The highest BCUT2D eigenvalue weighted by molar-refractivity contribution is 7.98. The molecule has 0 saturated carbocycles. The maximum Gasteiger partial charge on any atom is 0.294 e. The van der Waals surface area contributed by atoms with Crippen molar-refractivity contribution < 1.29 is 0 Å². The lowest BCUT2D eigenvalue weighted by molar-refractivity contribution is 0.769. The van der Waals surface area contributed by atoms with Gasteiger partial charge in [-0.3, -0.25) is 9.89 Å². The maximum atomic E-state index is 12.0. The van der Waals surface area contributed by atoms with Gasteiger partial charge < -0.3 is 5.73 Å². The third-order valence-corrected chi connectivity index (χ3v) is 3.32. The Morgan fingerprint density at radius 1 is 1.24 bits per heavy atom. The second-order valence-electron chi connectivity index (χ2n) is 4.05. The summed E-state index contributed by atoms with van der Waals surface area (Å²) in [5.74, 6) is 0.0783. The molecule has 2 aromatic heterocycles. The molecular formula is C12H11N7OS. The number of hydrogen-bond acceptors (Lipinski definition) is 7. The molecule has 21 heavy (non-hydrogen) atoms. The zero-order valence-electron chi connectivity index (χ0n) is 11.0. The van der Waals surface area contributed by atoms with Crippen molar-refractivity contribution >= 4 is 34.7 Å². The van der Waals surface area contributed by atoms with Crippen molar-refractivity contribution in [2.45, 2.75) is 5.16 Å². The smallest absolute Gasteiger partial charge is 0.294 e. The highest BCUT2D eigenvalue weighted by atomic mass is 32.2. The van der Waals surface area contributed by atoms with Crippen LogP contribution in [0.3, 0.4) is 0 Å². The Labute approximate surface area is 123 Å². The normalized spacial score (nSPS) is 11.5. The monoisotopic (exact) mass is 301 g/mol. The molecule has 0 amide bonds. The molecule has 0 aliphatic rings. The second-order valence-corrected chi connectivity index (χ2v) is 4.83. The number of aromatic amines is 1. The van der Waals surface area contributed by atoms with Gasteiger partial charge in [0.15, 0.2) is 16.5 Å². The summed E-state index contributed by atoms with van der Waals surface area (Å²) in [6.07, 6.45) is 1.82. The van der Waals surface area contributed by atoms with Crippen LogP contribution in [0.2, 0.25) is 0 Å². The lowest BCUT2D eigenvalue weighted by Gasteiger charge is -2.01. The number of H-pyrrole nitrogens is 1. The minimum atomic E-state index is -0.398. The molecule has 0 aliphatic heterocycles. The van der Waals surface area contributed by atoms with Gasteiger partial charge in [0, 0.05) is 0 Å². The molecule has 106 valence electrons. The highest BCUT2D eigenvalue weighted by Crippen LogP contribution is 2.21. The fourth-order valence-corrected chi connectivity index (χ4v) is 2.27. The molecule has 8 nitrogen and oxygen atoms in total. The van der Waals surface area contributed by atoms with Crippen molar-refractivity contribution in [3.8, 4) is 0 Å². The zero-order chi connectivity index (χ0) is 14.8. The van der Waals surface area contributed by atoms with Crippen molar-refractivity contribution in [3.63, 3.8) is 0 Å². The van der Waals surface area contributed by atoms with Crippen LogP contribution in [-0.4, -0.2) is 25.8 Å². The molecular weight excluding hydrogens is 290 g/mol. The van der Waals surface area contributed by atoms with Crippen molar-refractivity contribution in [3.05, 3.63) is 40.7 Å². The van der Waals surface area contributed by atoms with Gasteiger partial charge in [0.1, 0.15) is 0 Å². The fraction of sp³-hybridized carbons (Fsp3) is 0.0833. The Morgan fingerprint density at radius 3 is 2.71 bits per heavy atom. The molecule has 1 aromatic carbocycles. The van der Waals surface area contributed by atoms with Gasteiger partial charge in [0.25, 0.3) is 5.56 Å². The number of nitrogens with zero attached hydrogens (tertiary/aromatic N) is 5. The predicted molar refractivity (Wildman–Crippen MR) is 80.4 cm³/mol. The third kappa shape index (κ3) is 2.50. The van der Waals surface area contributed by atoms with Gasteiger partial charge in [-0.1, -0.05) is 30.0 Å². The van der Waals surface area contributed by atoms with Gasteiger partial charge in [-0.15, -0.1) is 5.11 Å². The van der Waals surface area contributed by atoms with E-state index in [-0.39, 0.29) is 11.6 Å². The number of aromatic nitrogens is 4. The number of nitrogens with two attached hydrogens (primary N) is 1. The van der Waals surface area contributed by atoms with E-state index < -0.39 is 5.56 Å². The van der Waals surface area contributed by atoms with Crippen LogP contribution in [0.25, 0.3) is 5.65 Å². The van der Waals surface area contributed by atoms with Crippen LogP contribution in [0.1, 0.15) is 0 Å².